The first kappa shape index (κ1) is 20.4. The number of carbonyl (C=O) groups excluding carboxylic acids is 1. The number of para-hydroxylation sites is 2. The number of hydrogen-bond donors (Lipinski definition) is 0. The number of fused-ring (bicyclic) bond motifs is 2. The molecule has 0 saturated carbocycles. The molecule has 0 aliphatic carbocycles. The van der Waals surface area contributed by atoms with E-state index in [1.807, 2.05) is 55.1 Å². The Morgan fingerprint density at radius 3 is 2.37 bits per heavy atom. The molecule has 0 amide bonds. The van der Waals surface area contributed by atoms with Gasteiger partial charge in [-0.05, 0) is 38.5 Å². The van der Waals surface area contributed by atoms with Crippen LogP contribution in [0.3, 0.4) is 0 Å². The Bertz CT molecular complexity index is 1220. The highest BCUT2D eigenvalue weighted by Gasteiger charge is 2.31. The normalized spacial score (nSPS) is 13.0. The average Bonchev–Trinajstić information content (AvgIpc) is 3.15. The maximum atomic E-state index is 13.1. The van der Waals surface area contributed by atoms with Gasteiger partial charge in [-0.15, -0.1) is 11.3 Å². The van der Waals surface area contributed by atoms with Gasteiger partial charge in [-0.25, -0.2) is 9.97 Å². The lowest BCUT2D eigenvalue weighted by atomic mass is 10.2. The Morgan fingerprint density at radius 2 is 1.77 bits per heavy atom. The van der Waals surface area contributed by atoms with Gasteiger partial charge in [-0.2, -0.15) is 5.26 Å². The molecule has 0 N–H and O–H groups in total. The zero-order valence-electron chi connectivity index (χ0n) is 17.5. The van der Waals surface area contributed by atoms with Crippen LogP contribution in [0.1, 0.15) is 16.3 Å². The predicted molar refractivity (Wildman–Crippen MR) is 123 cm³/mol. The highest BCUT2D eigenvalue weighted by atomic mass is 32.2. The molecule has 0 radical (unpaired) electrons. The number of rotatable bonds is 4. The molecule has 1 aromatic carbocycles. The summed E-state index contributed by atoms with van der Waals surface area (Å²) in [4.78, 5) is 28.1. The van der Waals surface area contributed by atoms with Crippen molar-refractivity contribution in [1.29, 1.82) is 5.26 Å². The fraction of sp³-hybridized carbons (Fsp3) is 0.273. The molecule has 30 heavy (non-hydrogen) atoms. The number of nitrogens with zero attached hydrogens (tertiary/aromatic N) is 5. The van der Waals surface area contributed by atoms with Crippen LogP contribution >= 0.6 is 23.1 Å². The van der Waals surface area contributed by atoms with Crippen LogP contribution in [0.5, 0.6) is 0 Å². The molecule has 0 fully saturated rings. The number of Topliss-reactive ketones (excluding diaryl/α,β-unsaturated/α-hetero) is 1. The lowest BCUT2D eigenvalue weighted by Crippen LogP contribution is -2.26. The van der Waals surface area contributed by atoms with Crippen molar-refractivity contribution in [2.45, 2.75) is 25.8 Å². The van der Waals surface area contributed by atoms with Crippen LogP contribution in [-0.2, 0) is 4.79 Å². The standard InChI is InChI=1S/C22H21N5OS2/c1-12-13(2)30-21-19(12)20(24-14(3)25-21)29-11-18(28)15(10-23)22-26(4)16-8-6-7-9-17(16)27(22)5/h6-9H,11H2,1-5H3. The molecule has 3 heterocycles. The molecular formula is C22H21N5OS2. The number of anilines is 2. The van der Waals surface area contributed by atoms with E-state index < -0.39 is 0 Å². The van der Waals surface area contributed by atoms with E-state index in [9.17, 15) is 10.1 Å². The van der Waals surface area contributed by atoms with Crippen molar-refractivity contribution in [1.82, 2.24) is 9.97 Å². The van der Waals surface area contributed by atoms with E-state index in [1.54, 1.807) is 11.3 Å². The summed E-state index contributed by atoms with van der Waals surface area (Å²) in [7, 11) is 3.76. The lowest BCUT2D eigenvalue weighted by Gasteiger charge is -2.19. The minimum absolute atomic E-state index is 0.143. The molecule has 1 aliphatic heterocycles. The molecule has 6 nitrogen and oxygen atoms in total. The first-order chi connectivity index (χ1) is 14.3. The molecule has 2 aromatic heterocycles. The summed E-state index contributed by atoms with van der Waals surface area (Å²) in [6.45, 7) is 5.98. The summed E-state index contributed by atoms with van der Waals surface area (Å²) in [5.74, 6) is 1.22. The molecule has 0 spiro atoms. The second-order valence-electron chi connectivity index (χ2n) is 7.17. The monoisotopic (exact) mass is 435 g/mol. The number of allylic oxidation sites excluding steroid dienone is 1. The average molecular weight is 436 g/mol. The van der Waals surface area contributed by atoms with Crippen molar-refractivity contribution in [3.05, 3.63) is 51.9 Å². The summed E-state index contributed by atoms with van der Waals surface area (Å²) >= 11 is 3.01. The van der Waals surface area contributed by atoms with Gasteiger partial charge in [0, 0.05) is 24.4 Å². The van der Waals surface area contributed by atoms with E-state index in [2.05, 4.69) is 29.9 Å². The summed E-state index contributed by atoms with van der Waals surface area (Å²) in [5.41, 5.74) is 3.25. The molecule has 0 bridgehead atoms. The van der Waals surface area contributed by atoms with Crippen LogP contribution in [-0.4, -0.2) is 35.6 Å². The maximum Gasteiger partial charge on any atom is 0.187 e. The van der Waals surface area contributed by atoms with Crippen LogP contribution in [0, 0.1) is 32.1 Å². The lowest BCUT2D eigenvalue weighted by molar-refractivity contribution is -0.112. The van der Waals surface area contributed by atoms with Gasteiger partial charge in [-0.3, -0.25) is 4.79 Å². The Kier molecular flexibility index (Phi) is 5.26. The molecule has 0 saturated heterocycles. The van der Waals surface area contributed by atoms with Crippen LogP contribution in [0.25, 0.3) is 10.2 Å². The SMILES string of the molecule is Cc1nc(SCC(=O)C(C#N)=C2N(C)c3ccccc3N2C)c2c(C)c(C)sc2n1. The van der Waals surface area contributed by atoms with Crippen molar-refractivity contribution in [2.75, 3.05) is 29.6 Å². The van der Waals surface area contributed by atoms with Gasteiger partial charge in [0.15, 0.2) is 5.78 Å². The summed E-state index contributed by atoms with van der Waals surface area (Å²) in [5, 5.41) is 11.6. The third-order valence-corrected chi connectivity index (χ3v) is 7.38. The zero-order valence-corrected chi connectivity index (χ0v) is 19.1. The van der Waals surface area contributed by atoms with Gasteiger partial charge in [0.05, 0.1) is 17.1 Å². The summed E-state index contributed by atoms with van der Waals surface area (Å²) in [6.07, 6.45) is 0. The second-order valence-corrected chi connectivity index (χ2v) is 9.34. The summed E-state index contributed by atoms with van der Waals surface area (Å²) in [6, 6.07) is 10.0. The van der Waals surface area contributed by atoms with Crippen LogP contribution < -0.4 is 9.80 Å². The Balaban J connectivity index is 1.66. The van der Waals surface area contributed by atoms with Crippen molar-refractivity contribution in [2.24, 2.45) is 0 Å². The largest absolute Gasteiger partial charge is 0.328 e. The number of benzene rings is 1. The highest BCUT2D eigenvalue weighted by molar-refractivity contribution is 8.00. The van der Waals surface area contributed by atoms with Gasteiger partial charge in [0.2, 0.25) is 0 Å². The smallest absolute Gasteiger partial charge is 0.187 e. The van der Waals surface area contributed by atoms with E-state index in [1.165, 1.54) is 16.6 Å². The molecule has 8 heteroatoms. The topological polar surface area (TPSA) is 73.1 Å². The minimum Gasteiger partial charge on any atom is -0.328 e. The van der Waals surface area contributed by atoms with Gasteiger partial charge >= 0.3 is 0 Å². The van der Waals surface area contributed by atoms with E-state index in [-0.39, 0.29) is 17.1 Å². The van der Waals surface area contributed by atoms with Gasteiger partial charge in [0.25, 0.3) is 0 Å². The number of thioether (sulfide) groups is 1. The van der Waals surface area contributed by atoms with Gasteiger partial charge in [0.1, 0.15) is 33.1 Å². The van der Waals surface area contributed by atoms with Crippen LogP contribution in [0.4, 0.5) is 11.4 Å². The Hall–Kier alpha value is -2.89. The number of carbonyl (C=O) groups is 1. The molecule has 3 aromatic rings. The highest BCUT2D eigenvalue weighted by Crippen LogP contribution is 2.41. The van der Waals surface area contributed by atoms with E-state index >= 15 is 0 Å². The molecule has 152 valence electrons. The maximum absolute atomic E-state index is 13.1. The van der Waals surface area contributed by atoms with E-state index in [4.69, 9.17) is 0 Å². The third kappa shape index (κ3) is 3.24. The Labute approximate surface area is 183 Å². The van der Waals surface area contributed by atoms with Crippen molar-refractivity contribution in [3.63, 3.8) is 0 Å². The molecule has 0 atom stereocenters. The van der Waals surface area contributed by atoms with E-state index in [0.717, 1.165) is 32.2 Å². The van der Waals surface area contributed by atoms with Crippen molar-refractivity contribution < 1.29 is 4.79 Å². The van der Waals surface area contributed by atoms with Gasteiger partial charge < -0.3 is 9.80 Å². The third-order valence-electron chi connectivity index (χ3n) is 5.30. The molecule has 4 rings (SSSR count). The summed E-state index contributed by atoms with van der Waals surface area (Å²) < 4.78 is 0. The number of ketones is 1. The van der Waals surface area contributed by atoms with Crippen molar-refractivity contribution in [3.8, 4) is 6.07 Å². The fourth-order valence-electron chi connectivity index (χ4n) is 3.68. The minimum atomic E-state index is -0.210. The number of aryl methyl sites for hydroxylation is 3. The van der Waals surface area contributed by atoms with Gasteiger partial charge in [-0.1, -0.05) is 23.9 Å². The number of hydrogen-bond acceptors (Lipinski definition) is 8. The van der Waals surface area contributed by atoms with E-state index in [0.29, 0.717) is 11.6 Å². The molecular weight excluding hydrogens is 414 g/mol. The number of thiophene rings is 1. The fourth-order valence-corrected chi connectivity index (χ4v) is 5.82. The first-order valence-corrected chi connectivity index (χ1v) is 11.2. The quantitative estimate of drug-likeness (QED) is 0.257. The molecule has 1 aliphatic rings. The Morgan fingerprint density at radius 1 is 1.13 bits per heavy atom. The first-order valence-electron chi connectivity index (χ1n) is 9.44. The molecule has 0 unspecified atom stereocenters. The van der Waals surface area contributed by atoms with Crippen molar-refractivity contribution >= 4 is 50.5 Å². The van der Waals surface area contributed by atoms with Crippen LogP contribution in [0.15, 0.2) is 40.7 Å². The zero-order chi connectivity index (χ0) is 21.6. The number of nitriles is 1. The second kappa shape index (κ2) is 7.74. The number of aromatic nitrogens is 2. The van der Waals surface area contributed by atoms with Crippen LogP contribution in [0.2, 0.25) is 0 Å². The predicted octanol–water partition coefficient (Wildman–Crippen LogP) is 4.60.